The van der Waals surface area contributed by atoms with Gasteiger partial charge in [-0.3, -0.25) is 14.3 Å². The molecule has 0 radical (unpaired) electrons. The maximum absolute atomic E-state index is 13.5. The van der Waals surface area contributed by atoms with Crippen LogP contribution in [0.2, 0.25) is 0 Å². The summed E-state index contributed by atoms with van der Waals surface area (Å²) in [6.45, 7) is 1.79. The number of hydrogen-bond donors (Lipinski definition) is 1. The summed E-state index contributed by atoms with van der Waals surface area (Å²) in [5, 5.41) is 13.8. The van der Waals surface area contributed by atoms with Gasteiger partial charge in [-0.05, 0) is 50.1 Å². The first kappa shape index (κ1) is 21.7. The highest BCUT2D eigenvalue weighted by molar-refractivity contribution is 8.00. The molecule has 1 fully saturated rings. The molecule has 1 unspecified atom stereocenters. The number of aromatic nitrogens is 5. The molecule has 168 valence electrons. The number of halogens is 2. The number of thiazole rings is 1. The highest BCUT2D eigenvalue weighted by atomic mass is 32.2. The minimum absolute atomic E-state index is 0.237. The maximum atomic E-state index is 13.5. The van der Waals surface area contributed by atoms with Gasteiger partial charge in [0.15, 0.2) is 27.7 Å². The molecule has 0 bridgehead atoms. The van der Waals surface area contributed by atoms with Crippen LogP contribution in [-0.4, -0.2) is 35.9 Å². The summed E-state index contributed by atoms with van der Waals surface area (Å²) in [5.74, 6) is -1.35. The van der Waals surface area contributed by atoms with Crippen LogP contribution in [0.3, 0.4) is 0 Å². The Hall–Kier alpha value is -3.18. The molecule has 7 nitrogen and oxygen atoms in total. The van der Waals surface area contributed by atoms with Crippen molar-refractivity contribution in [3.8, 4) is 22.6 Å². The largest absolute Gasteiger partial charge is 0.301 e. The predicted molar refractivity (Wildman–Crippen MR) is 123 cm³/mol. The molecule has 1 saturated carbocycles. The third kappa shape index (κ3) is 4.64. The Morgan fingerprint density at radius 2 is 2.06 bits per heavy atom. The Morgan fingerprint density at radius 1 is 1.21 bits per heavy atom. The van der Waals surface area contributed by atoms with Gasteiger partial charge in [-0.25, -0.2) is 13.8 Å². The topological polar surface area (TPSA) is 85.6 Å². The molecule has 33 heavy (non-hydrogen) atoms. The summed E-state index contributed by atoms with van der Waals surface area (Å²) in [6, 6.07) is 7.70. The molecule has 5 rings (SSSR count). The van der Waals surface area contributed by atoms with Gasteiger partial charge in [-0.1, -0.05) is 11.8 Å². The van der Waals surface area contributed by atoms with Gasteiger partial charge in [0.2, 0.25) is 5.91 Å². The Kier molecular flexibility index (Phi) is 5.90. The first-order valence-electron chi connectivity index (χ1n) is 10.2. The van der Waals surface area contributed by atoms with Gasteiger partial charge in [0.1, 0.15) is 0 Å². The second-order valence-corrected chi connectivity index (χ2v) is 9.73. The number of pyridine rings is 1. The average Bonchev–Trinajstić information content (AvgIpc) is 3.40. The fourth-order valence-electron chi connectivity index (χ4n) is 3.25. The Bertz CT molecular complexity index is 1310. The smallest absolute Gasteiger partial charge is 0.239 e. The van der Waals surface area contributed by atoms with Gasteiger partial charge in [0, 0.05) is 34.9 Å². The third-order valence-electron chi connectivity index (χ3n) is 5.10. The van der Waals surface area contributed by atoms with Gasteiger partial charge in [0.05, 0.1) is 10.9 Å². The van der Waals surface area contributed by atoms with E-state index in [0.29, 0.717) is 27.6 Å². The number of nitrogens with zero attached hydrogens (tertiary/aromatic N) is 5. The van der Waals surface area contributed by atoms with Crippen molar-refractivity contribution in [2.75, 3.05) is 5.32 Å². The van der Waals surface area contributed by atoms with Gasteiger partial charge in [-0.15, -0.1) is 21.5 Å². The average molecular weight is 485 g/mol. The van der Waals surface area contributed by atoms with Crippen molar-refractivity contribution in [1.82, 2.24) is 24.7 Å². The van der Waals surface area contributed by atoms with Crippen LogP contribution in [-0.2, 0) is 4.79 Å². The van der Waals surface area contributed by atoms with Crippen LogP contribution in [0, 0.1) is 11.6 Å². The van der Waals surface area contributed by atoms with Crippen LogP contribution in [0.5, 0.6) is 0 Å². The lowest BCUT2D eigenvalue weighted by Crippen LogP contribution is -2.22. The van der Waals surface area contributed by atoms with Crippen LogP contribution in [0.4, 0.5) is 13.9 Å². The molecule has 3 heterocycles. The highest BCUT2D eigenvalue weighted by Crippen LogP contribution is 2.41. The van der Waals surface area contributed by atoms with Crippen molar-refractivity contribution in [3.05, 3.63) is 59.7 Å². The van der Waals surface area contributed by atoms with Gasteiger partial charge >= 0.3 is 0 Å². The summed E-state index contributed by atoms with van der Waals surface area (Å²) >= 11 is 2.55. The molecule has 4 aromatic rings. The van der Waals surface area contributed by atoms with Crippen molar-refractivity contribution in [3.63, 3.8) is 0 Å². The first-order chi connectivity index (χ1) is 16.0. The van der Waals surface area contributed by atoms with Gasteiger partial charge in [-0.2, -0.15) is 0 Å². The van der Waals surface area contributed by atoms with Crippen molar-refractivity contribution < 1.29 is 13.6 Å². The Balaban J connectivity index is 1.29. The zero-order valence-corrected chi connectivity index (χ0v) is 19.0. The minimum Gasteiger partial charge on any atom is -0.301 e. The quantitative estimate of drug-likeness (QED) is 0.363. The van der Waals surface area contributed by atoms with Crippen LogP contribution in [0.15, 0.2) is 53.3 Å². The molecule has 1 N–H and O–H groups in total. The molecule has 11 heteroatoms. The van der Waals surface area contributed by atoms with Crippen molar-refractivity contribution in [2.45, 2.75) is 36.2 Å². The summed E-state index contributed by atoms with van der Waals surface area (Å²) in [5.41, 5.74) is 1.78. The maximum Gasteiger partial charge on any atom is 0.239 e. The van der Waals surface area contributed by atoms with Crippen LogP contribution in [0.25, 0.3) is 22.6 Å². The molecule has 1 atom stereocenters. The molecule has 0 aliphatic heterocycles. The van der Waals surface area contributed by atoms with E-state index in [0.717, 1.165) is 36.4 Å². The van der Waals surface area contributed by atoms with E-state index in [2.05, 4.69) is 30.0 Å². The van der Waals surface area contributed by atoms with Crippen LogP contribution in [0.1, 0.15) is 25.8 Å². The molecule has 1 aliphatic carbocycles. The summed E-state index contributed by atoms with van der Waals surface area (Å²) in [4.78, 5) is 21.3. The number of thioether (sulfide) groups is 1. The van der Waals surface area contributed by atoms with E-state index in [1.807, 2.05) is 12.1 Å². The number of rotatable bonds is 7. The summed E-state index contributed by atoms with van der Waals surface area (Å²) < 4.78 is 28.8. The summed E-state index contributed by atoms with van der Waals surface area (Å²) in [6.07, 6.45) is 5.55. The first-order valence-corrected chi connectivity index (χ1v) is 12.0. The third-order valence-corrected chi connectivity index (χ3v) is 6.91. The fraction of sp³-hybridized carbons (Fsp3) is 0.227. The number of carbonyl (C=O) groups is 1. The zero-order chi connectivity index (χ0) is 22.9. The number of nitrogens with one attached hydrogen (secondary N) is 1. The number of hydrogen-bond acceptors (Lipinski definition) is 7. The van der Waals surface area contributed by atoms with Gasteiger partial charge < -0.3 is 5.32 Å². The lowest BCUT2D eigenvalue weighted by atomic mass is 10.2. The molecular formula is C22H18F2N6OS2. The number of amides is 1. The molecule has 3 aromatic heterocycles. The van der Waals surface area contributed by atoms with Crippen molar-refractivity contribution in [2.24, 2.45) is 0 Å². The van der Waals surface area contributed by atoms with E-state index >= 15 is 0 Å². The van der Waals surface area contributed by atoms with E-state index in [1.165, 1.54) is 29.2 Å². The van der Waals surface area contributed by atoms with E-state index in [9.17, 15) is 13.6 Å². The lowest BCUT2D eigenvalue weighted by molar-refractivity contribution is -0.115. The van der Waals surface area contributed by atoms with E-state index in [4.69, 9.17) is 0 Å². The van der Waals surface area contributed by atoms with E-state index in [1.54, 1.807) is 24.7 Å². The van der Waals surface area contributed by atoms with Crippen molar-refractivity contribution in [1.29, 1.82) is 0 Å². The standard InChI is InChI=1S/C22H18F2N6OS2/c1-12(20(31)27-21-26-18(11-32-21)13-4-7-16(23)17(24)9-13)33-22-29-28-19(30(22)15-5-6-15)14-3-2-8-25-10-14/h2-4,7-12,15H,5-6H2,1H3,(H,26,27,31). The van der Waals surface area contributed by atoms with Crippen LogP contribution >= 0.6 is 23.1 Å². The summed E-state index contributed by atoms with van der Waals surface area (Å²) in [7, 11) is 0. The fourth-order valence-corrected chi connectivity index (χ4v) is 4.89. The molecule has 1 amide bonds. The van der Waals surface area contributed by atoms with E-state index in [-0.39, 0.29) is 5.91 Å². The zero-order valence-electron chi connectivity index (χ0n) is 17.4. The lowest BCUT2D eigenvalue weighted by Gasteiger charge is -2.12. The minimum atomic E-state index is -0.943. The molecule has 1 aliphatic rings. The number of anilines is 1. The second kappa shape index (κ2) is 8.99. The van der Waals surface area contributed by atoms with Crippen molar-refractivity contribution >= 4 is 34.1 Å². The van der Waals surface area contributed by atoms with Gasteiger partial charge in [0.25, 0.3) is 0 Å². The number of carbonyl (C=O) groups excluding carboxylic acids is 1. The Labute approximate surface area is 196 Å². The molecular weight excluding hydrogens is 466 g/mol. The number of benzene rings is 1. The normalized spacial score (nSPS) is 14.3. The second-order valence-electron chi connectivity index (χ2n) is 7.57. The highest BCUT2D eigenvalue weighted by Gasteiger charge is 2.31. The Morgan fingerprint density at radius 3 is 2.79 bits per heavy atom. The monoisotopic (exact) mass is 484 g/mol. The predicted octanol–water partition coefficient (Wildman–Crippen LogP) is 5.20. The molecule has 0 saturated heterocycles. The molecule has 0 spiro atoms. The van der Waals surface area contributed by atoms with E-state index < -0.39 is 16.9 Å². The van der Waals surface area contributed by atoms with Crippen LogP contribution < -0.4 is 5.32 Å². The molecule has 1 aromatic carbocycles. The SMILES string of the molecule is CC(Sc1nnc(-c2cccnc2)n1C1CC1)C(=O)Nc1nc(-c2ccc(F)c(F)c2)cs1.